The van der Waals surface area contributed by atoms with Crippen LogP contribution in [0.15, 0.2) is 78.9 Å². The van der Waals surface area contributed by atoms with Crippen LogP contribution in [-0.2, 0) is 0 Å². The molecular weight excluding hydrogens is 334 g/mol. The second-order valence-electron chi connectivity index (χ2n) is 5.05. The third-order valence-electron chi connectivity index (χ3n) is 3.28. The zero-order valence-electron chi connectivity index (χ0n) is 12.8. The minimum atomic E-state index is 0.561. The van der Waals surface area contributed by atoms with Gasteiger partial charge in [-0.2, -0.15) is 0 Å². The molecule has 0 aliphatic rings. The molecular formula is C19H15N3S2. The van der Waals surface area contributed by atoms with Gasteiger partial charge in [-0.05, 0) is 36.4 Å². The Morgan fingerprint density at radius 1 is 0.583 bits per heavy atom. The van der Waals surface area contributed by atoms with Crippen LogP contribution in [0.25, 0.3) is 0 Å². The van der Waals surface area contributed by atoms with Gasteiger partial charge in [0.15, 0.2) is 0 Å². The van der Waals surface area contributed by atoms with E-state index in [0.29, 0.717) is 21.4 Å². The Morgan fingerprint density at radius 2 is 1.00 bits per heavy atom. The number of nitrogens with one attached hydrogen (secondary N) is 2. The van der Waals surface area contributed by atoms with E-state index in [0.717, 1.165) is 11.4 Å². The first-order valence-electron chi connectivity index (χ1n) is 7.42. The Balaban J connectivity index is 1.74. The van der Waals surface area contributed by atoms with Crippen LogP contribution in [0.5, 0.6) is 0 Å². The molecule has 0 bridgehead atoms. The zero-order valence-corrected chi connectivity index (χ0v) is 14.4. The maximum absolute atomic E-state index is 5.44. The van der Waals surface area contributed by atoms with Crippen molar-refractivity contribution in [2.45, 2.75) is 0 Å². The zero-order chi connectivity index (χ0) is 16.8. The molecule has 0 saturated carbocycles. The van der Waals surface area contributed by atoms with Crippen molar-refractivity contribution in [2.75, 3.05) is 10.6 Å². The minimum Gasteiger partial charge on any atom is -0.345 e. The molecule has 2 aromatic carbocycles. The van der Waals surface area contributed by atoms with Gasteiger partial charge in [-0.15, -0.1) is 0 Å². The molecule has 0 spiro atoms. The highest BCUT2D eigenvalue weighted by Gasteiger charge is 2.08. The van der Waals surface area contributed by atoms with Gasteiger partial charge in [0.1, 0.15) is 9.98 Å². The van der Waals surface area contributed by atoms with Crippen LogP contribution in [0.3, 0.4) is 0 Å². The van der Waals surface area contributed by atoms with E-state index >= 15 is 0 Å². The third-order valence-corrected chi connectivity index (χ3v) is 3.90. The standard InChI is InChI=1S/C19H15N3S2/c23-18(20-14-8-3-1-4-9-14)16-12-7-13-17(22-16)19(24)21-15-10-5-2-6-11-15/h1-13H,(H,20,23)(H,21,24). The van der Waals surface area contributed by atoms with Crippen molar-refractivity contribution >= 4 is 45.8 Å². The van der Waals surface area contributed by atoms with Crippen LogP contribution >= 0.6 is 24.4 Å². The summed E-state index contributed by atoms with van der Waals surface area (Å²) in [5, 5.41) is 6.36. The average molecular weight is 349 g/mol. The number of benzene rings is 2. The Kier molecular flexibility index (Phi) is 5.25. The first-order chi connectivity index (χ1) is 11.7. The Bertz CT molecular complexity index is 780. The summed E-state index contributed by atoms with van der Waals surface area (Å²) in [5.41, 5.74) is 3.23. The predicted molar refractivity (Wildman–Crippen MR) is 108 cm³/mol. The fourth-order valence-electron chi connectivity index (χ4n) is 2.12. The predicted octanol–water partition coefficient (Wildman–Crippen LogP) is 4.66. The summed E-state index contributed by atoms with van der Waals surface area (Å²) in [6.07, 6.45) is 0. The van der Waals surface area contributed by atoms with E-state index in [9.17, 15) is 0 Å². The Labute approximate surface area is 151 Å². The molecule has 0 saturated heterocycles. The highest BCUT2D eigenvalue weighted by molar-refractivity contribution is 7.81. The largest absolute Gasteiger partial charge is 0.345 e. The number of aromatic nitrogens is 1. The summed E-state index contributed by atoms with van der Waals surface area (Å²) < 4.78 is 0. The van der Waals surface area contributed by atoms with Crippen molar-refractivity contribution in [3.05, 3.63) is 90.3 Å². The van der Waals surface area contributed by atoms with Crippen molar-refractivity contribution in [1.82, 2.24) is 4.98 Å². The van der Waals surface area contributed by atoms with Crippen LogP contribution < -0.4 is 10.6 Å². The molecule has 1 aromatic heterocycles. The summed E-state index contributed by atoms with van der Waals surface area (Å²) in [5.74, 6) is 0. The Morgan fingerprint density at radius 3 is 1.42 bits per heavy atom. The number of para-hydroxylation sites is 2. The maximum Gasteiger partial charge on any atom is 0.129 e. The van der Waals surface area contributed by atoms with Gasteiger partial charge in [0, 0.05) is 11.4 Å². The Hall–Kier alpha value is -2.63. The third kappa shape index (κ3) is 4.22. The molecule has 0 radical (unpaired) electrons. The van der Waals surface area contributed by atoms with E-state index in [4.69, 9.17) is 24.4 Å². The van der Waals surface area contributed by atoms with Crippen molar-refractivity contribution < 1.29 is 0 Å². The molecule has 5 heteroatoms. The summed E-state index contributed by atoms with van der Waals surface area (Å²) in [7, 11) is 0. The smallest absolute Gasteiger partial charge is 0.129 e. The van der Waals surface area contributed by atoms with Gasteiger partial charge in [-0.3, -0.25) is 0 Å². The van der Waals surface area contributed by atoms with Crippen molar-refractivity contribution in [3.63, 3.8) is 0 Å². The van der Waals surface area contributed by atoms with Crippen molar-refractivity contribution in [3.8, 4) is 0 Å². The van der Waals surface area contributed by atoms with Crippen molar-refractivity contribution in [1.29, 1.82) is 0 Å². The lowest BCUT2D eigenvalue weighted by Crippen LogP contribution is -2.17. The number of pyridine rings is 1. The SMILES string of the molecule is S=C(Nc1ccccc1)c1cccc(C(=S)Nc2ccccc2)n1. The molecule has 0 amide bonds. The molecule has 0 fully saturated rings. The summed E-state index contributed by atoms with van der Waals surface area (Å²) in [6, 6.07) is 25.2. The topological polar surface area (TPSA) is 37.0 Å². The number of hydrogen-bond acceptors (Lipinski definition) is 3. The van der Waals surface area contributed by atoms with E-state index in [1.54, 1.807) is 0 Å². The lowest BCUT2D eigenvalue weighted by atomic mass is 10.2. The molecule has 1 heterocycles. The monoisotopic (exact) mass is 349 g/mol. The van der Waals surface area contributed by atoms with Crippen molar-refractivity contribution in [2.24, 2.45) is 0 Å². The molecule has 3 nitrogen and oxygen atoms in total. The first-order valence-corrected chi connectivity index (χ1v) is 8.24. The van der Waals surface area contributed by atoms with Crippen LogP contribution in [-0.4, -0.2) is 15.0 Å². The number of anilines is 2. The van der Waals surface area contributed by atoms with Gasteiger partial charge in [0.25, 0.3) is 0 Å². The van der Waals surface area contributed by atoms with Crippen LogP contribution in [0.4, 0.5) is 11.4 Å². The minimum absolute atomic E-state index is 0.561. The van der Waals surface area contributed by atoms with E-state index in [-0.39, 0.29) is 0 Å². The fourth-order valence-corrected chi connectivity index (χ4v) is 2.58. The highest BCUT2D eigenvalue weighted by atomic mass is 32.1. The number of rotatable bonds is 4. The molecule has 118 valence electrons. The van der Waals surface area contributed by atoms with Crippen LogP contribution in [0.2, 0.25) is 0 Å². The summed E-state index contributed by atoms with van der Waals surface area (Å²) in [4.78, 5) is 5.68. The average Bonchev–Trinajstić information content (AvgIpc) is 2.63. The van der Waals surface area contributed by atoms with Crippen LogP contribution in [0, 0.1) is 0 Å². The quantitative estimate of drug-likeness (QED) is 0.670. The second kappa shape index (κ2) is 7.77. The summed E-state index contributed by atoms with van der Waals surface area (Å²) >= 11 is 10.9. The highest BCUT2D eigenvalue weighted by Crippen LogP contribution is 2.11. The van der Waals surface area contributed by atoms with E-state index in [1.807, 2.05) is 78.9 Å². The summed E-state index contributed by atoms with van der Waals surface area (Å²) in [6.45, 7) is 0. The first kappa shape index (κ1) is 16.2. The van der Waals surface area contributed by atoms with Gasteiger partial charge in [-0.1, -0.05) is 66.9 Å². The molecule has 3 aromatic rings. The number of nitrogens with zero attached hydrogens (tertiary/aromatic N) is 1. The lowest BCUT2D eigenvalue weighted by molar-refractivity contribution is 1.27. The molecule has 0 aliphatic carbocycles. The second-order valence-corrected chi connectivity index (χ2v) is 5.86. The van der Waals surface area contributed by atoms with Gasteiger partial charge in [-0.25, -0.2) is 4.98 Å². The van der Waals surface area contributed by atoms with Gasteiger partial charge >= 0.3 is 0 Å². The van der Waals surface area contributed by atoms with E-state index in [1.165, 1.54) is 0 Å². The number of hydrogen-bond donors (Lipinski definition) is 2. The molecule has 0 atom stereocenters. The molecule has 3 rings (SSSR count). The molecule has 0 aliphatic heterocycles. The fraction of sp³-hybridized carbons (Fsp3) is 0. The van der Waals surface area contributed by atoms with Gasteiger partial charge < -0.3 is 10.6 Å². The lowest BCUT2D eigenvalue weighted by Gasteiger charge is -2.10. The molecule has 24 heavy (non-hydrogen) atoms. The number of thiocarbonyl (C=S) groups is 2. The van der Waals surface area contributed by atoms with Crippen LogP contribution in [0.1, 0.15) is 11.4 Å². The molecule has 0 unspecified atom stereocenters. The van der Waals surface area contributed by atoms with Gasteiger partial charge in [0.2, 0.25) is 0 Å². The van der Waals surface area contributed by atoms with E-state index < -0.39 is 0 Å². The van der Waals surface area contributed by atoms with Gasteiger partial charge in [0.05, 0.1) is 11.4 Å². The molecule has 2 N–H and O–H groups in total. The van der Waals surface area contributed by atoms with E-state index in [2.05, 4.69) is 15.6 Å². The maximum atomic E-state index is 5.44. The normalized spacial score (nSPS) is 10.0.